The van der Waals surface area contributed by atoms with Gasteiger partial charge in [0.2, 0.25) is 11.8 Å². The average Bonchev–Trinajstić information content (AvgIpc) is 3.25. The van der Waals surface area contributed by atoms with Gasteiger partial charge in [-0.25, -0.2) is 0 Å². The highest BCUT2D eigenvalue weighted by atomic mass is 16.2. The Morgan fingerprint density at radius 1 is 0.944 bits per heavy atom. The number of para-hydroxylation sites is 1. The quantitative estimate of drug-likeness (QED) is 0.423. The maximum Gasteiger partial charge on any atom is 0.246 e. The highest BCUT2D eigenvalue weighted by Gasteiger charge is 2.48. The number of aromatic amines is 1. The average molecular weight is 478 g/mol. The fraction of sp³-hybridized carbons (Fsp3) is 0.290. The van der Waals surface area contributed by atoms with Gasteiger partial charge in [0, 0.05) is 29.6 Å². The first-order valence-corrected chi connectivity index (χ1v) is 12.8. The van der Waals surface area contributed by atoms with Crippen LogP contribution < -0.4 is 0 Å². The van der Waals surface area contributed by atoms with E-state index in [4.69, 9.17) is 0 Å². The molecular formula is C31H31N3O2. The van der Waals surface area contributed by atoms with Gasteiger partial charge in [0.25, 0.3) is 0 Å². The zero-order valence-electron chi connectivity index (χ0n) is 21.0. The maximum atomic E-state index is 13.9. The Morgan fingerprint density at radius 2 is 1.67 bits per heavy atom. The Hall–Kier alpha value is -3.86. The predicted octanol–water partition coefficient (Wildman–Crippen LogP) is 5.48. The number of piperazine rings is 1. The third-order valence-corrected chi connectivity index (χ3v) is 7.76. The normalized spacial score (nSPS) is 19.7. The van der Waals surface area contributed by atoms with Gasteiger partial charge in [-0.2, -0.15) is 0 Å². The summed E-state index contributed by atoms with van der Waals surface area (Å²) in [5.74, 6) is 0.444. The number of nitrogens with zero attached hydrogens (tertiary/aromatic N) is 2. The first kappa shape index (κ1) is 22.6. The molecule has 182 valence electrons. The summed E-state index contributed by atoms with van der Waals surface area (Å²) in [4.78, 5) is 34.8. The second kappa shape index (κ2) is 8.66. The van der Waals surface area contributed by atoms with Crippen LogP contribution in [0.4, 0.5) is 0 Å². The van der Waals surface area contributed by atoms with Gasteiger partial charge in [-0.3, -0.25) is 9.59 Å². The molecule has 3 aromatic carbocycles. The molecule has 3 heterocycles. The van der Waals surface area contributed by atoms with Crippen LogP contribution in [0, 0.1) is 6.92 Å². The summed E-state index contributed by atoms with van der Waals surface area (Å²) in [5.41, 5.74) is 7.72. The first-order chi connectivity index (χ1) is 17.4. The summed E-state index contributed by atoms with van der Waals surface area (Å²) in [7, 11) is 0. The summed E-state index contributed by atoms with van der Waals surface area (Å²) in [6.07, 6.45) is 0.523. The van der Waals surface area contributed by atoms with E-state index in [0.717, 1.165) is 33.3 Å². The Labute approximate surface area is 211 Å². The Morgan fingerprint density at radius 3 is 2.39 bits per heavy atom. The summed E-state index contributed by atoms with van der Waals surface area (Å²) >= 11 is 0. The highest BCUT2D eigenvalue weighted by molar-refractivity contribution is 5.97. The van der Waals surface area contributed by atoms with Crippen molar-refractivity contribution in [3.05, 3.63) is 106 Å². The maximum absolute atomic E-state index is 13.9. The van der Waals surface area contributed by atoms with Crippen molar-refractivity contribution >= 4 is 22.7 Å². The van der Waals surface area contributed by atoms with Gasteiger partial charge in [0.05, 0.1) is 6.04 Å². The van der Waals surface area contributed by atoms with Crippen LogP contribution in [0.15, 0.2) is 72.8 Å². The molecule has 1 N–H and O–H groups in total. The lowest BCUT2D eigenvalue weighted by atomic mass is 9.85. The first-order valence-electron chi connectivity index (χ1n) is 12.8. The third-order valence-electron chi connectivity index (χ3n) is 7.76. The van der Waals surface area contributed by atoms with E-state index in [9.17, 15) is 9.59 Å². The molecule has 1 fully saturated rings. The van der Waals surface area contributed by atoms with Crippen LogP contribution in [0.3, 0.4) is 0 Å². The van der Waals surface area contributed by atoms with E-state index in [2.05, 4.69) is 55.2 Å². The van der Waals surface area contributed by atoms with Crippen molar-refractivity contribution < 1.29 is 9.59 Å². The zero-order valence-corrected chi connectivity index (χ0v) is 21.0. The molecule has 2 atom stereocenters. The molecule has 5 heteroatoms. The number of benzene rings is 3. The molecule has 1 aromatic heterocycles. The van der Waals surface area contributed by atoms with E-state index >= 15 is 0 Å². The monoisotopic (exact) mass is 477 g/mol. The van der Waals surface area contributed by atoms with E-state index in [1.165, 1.54) is 11.1 Å². The number of aryl methyl sites for hydroxylation is 1. The lowest BCUT2D eigenvalue weighted by molar-refractivity contribution is -0.159. The number of hydrogen-bond donors (Lipinski definition) is 1. The fourth-order valence-corrected chi connectivity index (χ4v) is 5.78. The molecule has 2 aliphatic rings. The molecule has 1 saturated heterocycles. The van der Waals surface area contributed by atoms with Crippen molar-refractivity contribution in [2.24, 2.45) is 0 Å². The molecule has 0 radical (unpaired) electrons. The molecule has 4 aromatic rings. The Balaban J connectivity index is 1.43. The lowest BCUT2D eigenvalue weighted by Gasteiger charge is -2.47. The molecule has 0 saturated carbocycles. The molecule has 36 heavy (non-hydrogen) atoms. The fourth-order valence-electron chi connectivity index (χ4n) is 5.78. The van der Waals surface area contributed by atoms with Crippen LogP contribution in [-0.4, -0.2) is 39.2 Å². The van der Waals surface area contributed by atoms with E-state index in [0.29, 0.717) is 18.9 Å². The van der Waals surface area contributed by atoms with Crippen molar-refractivity contribution in [3.8, 4) is 0 Å². The summed E-state index contributed by atoms with van der Waals surface area (Å²) in [5, 5.41) is 1.13. The number of carbonyl (C=O) groups excluding carboxylic acids is 2. The molecule has 2 amide bonds. The molecule has 0 bridgehead atoms. The van der Waals surface area contributed by atoms with Gasteiger partial charge in [0.1, 0.15) is 12.6 Å². The number of hydrogen-bond acceptors (Lipinski definition) is 2. The smallest absolute Gasteiger partial charge is 0.246 e. The number of nitrogens with one attached hydrogen (secondary N) is 1. The minimum Gasteiger partial charge on any atom is -0.356 e. The molecule has 0 aliphatic carbocycles. The van der Waals surface area contributed by atoms with Crippen molar-refractivity contribution in [1.29, 1.82) is 0 Å². The van der Waals surface area contributed by atoms with E-state index in [-0.39, 0.29) is 24.4 Å². The Bertz CT molecular complexity index is 1450. The van der Waals surface area contributed by atoms with Gasteiger partial charge < -0.3 is 14.8 Å². The van der Waals surface area contributed by atoms with Crippen molar-refractivity contribution in [1.82, 2.24) is 14.8 Å². The minimum absolute atomic E-state index is 0.00560. The van der Waals surface area contributed by atoms with Crippen LogP contribution in [0.5, 0.6) is 0 Å². The van der Waals surface area contributed by atoms with Crippen molar-refractivity contribution in [2.45, 2.75) is 51.7 Å². The summed E-state index contributed by atoms with van der Waals surface area (Å²) in [6, 6.07) is 24.1. The van der Waals surface area contributed by atoms with Gasteiger partial charge in [-0.15, -0.1) is 0 Å². The number of carbonyl (C=O) groups is 2. The number of rotatable bonds is 4. The second-order valence-electron chi connectivity index (χ2n) is 10.5. The van der Waals surface area contributed by atoms with E-state index in [1.54, 1.807) is 4.90 Å². The SMILES string of the molecule is Cc1ccc(CN2CC(=O)N3[C@@H](c4ccc(C(C)C)cc4)c4[nH]c5ccccc5c4C[C@H]3C2=O)cc1. The van der Waals surface area contributed by atoms with Gasteiger partial charge in [-0.1, -0.05) is 86.1 Å². The second-order valence-corrected chi connectivity index (χ2v) is 10.5. The minimum atomic E-state index is -0.516. The van der Waals surface area contributed by atoms with Gasteiger partial charge in [-0.05, 0) is 41.2 Å². The zero-order chi connectivity index (χ0) is 25.0. The topological polar surface area (TPSA) is 56.4 Å². The molecule has 5 nitrogen and oxygen atoms in total. The number of H-pyrrole nitrogens is 1. The molecule has 0 unspecified atom stereocenters. The van der Waals surface area contributed by atoms with Crippen LogP contribution in [-0.2, 0) is 22.6 Å². The molecular weight excluding hydrogens is 446 g/mol. The number of aromatic nitrogens is 1. The van der Waals surface area contributed by atoms with Crippen LogP contribution in [0.25, 0.3) is 10.9 Å². The third kappa shape index (κ3) is 3.70. The summed E-state index contributed by atoms with van der Waals surface area (Å²) in [6.45, 7) is 6.95. The van der Waals surface area contributed by atoms with Crippen LogP contribution in [0.2, 0.25) is 0 Å². The Kier molecular flexibility index (Phi) is 5.44. The van der Waals surface area contributed by atoms with E-state index < -0.39 is 6.04 Å². The van der Waals surface area contributed by atoms with Crippen LogP contribution >= 0.6 is 0 Å². The van der Waals surface area contributed by atoms with Gasteiger partial charge in [0.15, 0.2) is 0 Å². The molecule has 6 rings (SSSR count). The predicted molar refractivity (Wildman–Crippen MR) is 142 cm³/mol. The standard InChI is InChI=1S/C31H31N3O2/c1-19(2)22-12-14-23(15-13-22)30-29-25(24-6-4-5-7-26(24)32-29)16-27-31(36)33(18-28(35)34(27)30)17-21-10-8-20(3)9-11-21/h4-15,19,27,30,32H,16-18H2,1-3H3/t27-,30-/m0/s1. The molecule has 0 spiro atoms. The van der Waals surface area contributed by atoms with Crippen LogP contribution in [0.1, 0.15) is 59.3 Å². The van der Waals surface area contributed by atoms with Crippen molar-refractivity contribution in [3.63, 3.8) is 0 Å². The summed E-state index contributed by atoms with van der Waals surface area (Å²) < 4.78 is 0. The van der Waals surface area contributed by atoms with Crippen molar-refractivity contribution in [2.75, 3.05) is 6.54 Å². The van der Waals surface area contributed by atoms with Gasteiger partial charge >= 0.3 is 0 Å². The largest absolute Gasteiger partial charge is 0.356 e. The number of fused-ring (bicyclic) bond motifs is 4. The highest BCUT2D eigenvalue weighted by Crippen LogP contribution is 2.42. The molecule has 2 aliphatic heterocycles. The lowest BCUT2D eigenvalue weighted by Crippen LogP contribution is -2.62. The number of amides is 2. The van der Waals surface area contributed by atoms with E-state index in [1.807, 2.05) is 48.2 Å².